The standard InChI is InChI=1S/C16H15N5O/c1-10-11(2)22-15(18-10)9-21-12(3)19-20-16(21)14-6-4-5-13(7-14)8-17/h4-7H,9H2,1-3H3. The van der Waals surface area contributed by atoms with Crippen LogP contribution in [0.4, 0.5) is 0 Å². The van der Waals surface area contributed by atoms with Crippen molar-refractivity contribution in [1.29, 1.82) is 5.26 Å². The smallest absolute Gasteiger partial charge is 0.214 e. The van der Waals surface area contributed by atoms with Gasteiger partial charge in [0.2, 0.25) is 5.89 Å². The van der Waals surface area contributed by atoms with E-state index in [4.69, 9.17) is 9.68 Å². The minimum atomic E-state index is 0.458. The number of nitriles is 1. The summed E-state index contributed by atoms with van der Waals surface area (Å²) >= 11 is 0. The lowest BCUT2D eigenvalue weighted by molar-refractivity contribution is 0.455. The van der Waals surface area contributed by atoms with E-state index in [1.165, 1.54) is 0 Å². The van der Waals surface area contributed by atoms with Crippen molar-refractivity contribution in [3.05, 3.63) is 53.0 Å². The summed E-state index contributed by atoms with van der Waals surface area (Å²) in [5.74, 6) is 2.90. The van der Waals surface area contributed by atoms with Gasteiger partial charge in [-0.15, -0.1) is 10.2 Å². The first-order chi connectivity index (χ1) is 10.6. The number of hydrogen-bond acceptors (Lipinski definition) is 5. The number of hydrogen-bond donors (Lipinski definition) is 0. The number of aromatic nitrogens is 4. The Morgan fingerprint density at radius 3 is 2.73 bits per heavy atom. The molecule has 0 N–H and O–H groups in total. The Bertz CT molecular complexity index is 850. The van der Waals surface area contributed by atoms with Crippen molar-refractivity contribution in [3.8, 4) is 17.5 Å². The van der Waals surface area contributed by atoms with Crippen molar-refractivity contribution in [2.75, 3.05) is 0 Å². The van der Waals surface area contributed by atoms with Gasteiger partial charge in [-0.05, 0) is 32.9 Å². The Morgan fingerprint density at radius 2 is 2.05 bits per heavy atom. The molecule has 0 atom stereocenters. The van der Waals surface area contributed by atoms with Crippen LogP contribution < -0.4 is 0 Å². The molecule has 0 amide bonds. The predicted molar refractivity (Wildman–Crippen MR) is 80.0 cm³/mol. The molecule has 0 aliphatic carbocycles. The number of nitrogens with zero attached hydrogens (tertiary/aromatic N) is 5. The van der Waals surface area contributed by atoms with E-state index in [1.54, 1.807) is 12.1 Å². The summed E-state index contributed by atoms with van der Waals surface area (Å²) in [6.45, 7) is 6.15. The highest BCUT2D eigenvalue weighted by Crippen LogP contribution is 2.21. The molecule has 0 radical (unpaired) electrons. The van der Waals surface area contributed by atoms with Gasteiger partial charge >= 0.3 is 0 Å². The highest BCUT2D eigenvalue weighted by atomic mass is 16.4. The summed E-state index contributed by atoms with van der Waals surface area (Å²) in [5.41, 5.74) is 2.32. The van der Waals surface area contributed by atoms with Crippen molar-refractivity contribution in [3.63, 3.8) is 0 Å². The van der Waals surface area contributed by atoms with Crippen molar-refractivity contribution < 1.29 is 4.42 Å². The monoisotopic (exact) mass is 293 g/mol. The van der Waals surface area contributed by atoms with Crippen LogP contribution in [0.3, 0.4) is 0 Å². The van der Waals surface area contributed by atoms with E-state index in [-0.39, 0.29) is 0 Å². The lowest BCUT2D eigenvalue weighted by atomic mass is 10.1. The van der Waals surface area contributed by atoms with Crippen LogP contribution in [-0.2, 0) is 6.54 Å². The third-order valence-electron chi connectivity index (χ3n) is 3.55. The van der Waals surface area contributed by atoms with E-state index in [0.29, 0.717) is 23.8 Å². The molecule has 3 rings (SSSR count). The molecule has 2 heterocycles. The molecule has 1 aromatic carbocycles. The van der Waals surface area contributed by atoms with E-state index in [1.807, 2.05) is 37.5 Å². The van der Waals surface area contributed by atoms with Gasteiger partial charge in [0.1, 0.15) is 18.1 Å². The van der Waals surface area contributed by atoms with Crippen LogP contribution in [-0.4, -0.2) is 19.7 Å². The number of oxazole rings is 1. The first-order valence-corrected chi connectivity index (χ1v) is 6.91. The minimum Gasteiger partial charge on any atom is -0.444 e. The molecule has 0 spiro atoms. The van der Waals surface area contributed by atoms with Gasteiger partial charge in [-0.3, -0.25) is 0 Å². The van der Waals surface area contributed by atoms with E-state index in [0.717, 1.165) is 22.8 Å². The van der Waals surface area contributed by atoms with Gasteiger partial charge in [-0.1, -0.05) is 12.1 Å². The molecule has 0 aliphatic heterocycles. The van der Waals surface area contributed by atoms with Gasteiger partial charge in [0.05, 0.1) is 17.3 Å². The lowest BCUT2D eigenvalue weighted by Crippen LogP contribution is -2.05. The van der Waals surface area contributed by atoms with Crippen molar-refractivity contribution in [2.45, 2.75) is 27.3 Å². The zero-order valence-corrected chi connectivity index (χ0v) is 12.7. The molecule has 2 aromatic heterocycles. The average molecular weight is 293 g/mol. The molecule has 6 heteroatoms. The van der Waals surface area contributed by atoms with Crippen LogP contribution in [0.2, 0.25) is 0 Å². The highest BCUT2D eigenvalue weighted by molar-refractivity contribution is 5.58. The van der Waals surface area contributed by atoms with Gasteiger partial charge in [0.25, 0.3) is 0 Å². The number of benzene rings is 1. The van der Waals surface area contributed by atoms with Crippen molar-refractivity contribution in [2.24, 2.45) is 0 Å². The Labute approximate surface area is 128 Å². The molecule has 6 nitrogen and oxygen atoms in total. The van der Waals surface area contributed by atoms with Crippen molar-refractivity contribution in [1.82, 2.24) is 19.7 Å². The fourth-order valence-electron chi connectivity index (χ4n) is 2.25. The van der Waals surface area contributed by atoms with Gasteiger partial charge in [0.15, 0.2) is 5.82 Å². The van der Waals surface area contributed by atoms with Gasteiger partial charge < -0.3 is 8.98 Å². The molecule has 110 valence electrons. The molecule has 0 unspecified atom stereocenters. The molecule has 22 heavy (non-hydrogen) atoms. The van der Waals surface area contributed by atoms with Gasteiger partial charge in [0, 0.05) is 5.56 Å². The highest BCUT2D eigenvalue weighted by Gasteiger charge is 2.15. The summed E-state index contributed by atoms with van der Waals surface area (Å²) in [5, 5.41) is 17.4. The first kappa shape index (κ1) is 14.0. The molecule has 0 aliphatic rings. The Balaban J connectivity index is 2.02. The van der Waals surface area contributed by atoms with Crippen LogP contribution in [0.15, 0.2) is 28.7 Å². The van der Waals surface area contributed by atoms with Crippen LogP contribution in [0.1, 0.15) is 28.7 Å². The maximum absolute atomic E-state index is 9.03. The molecule has 0 fully saturated rings. The molecular weight excluding hydrogens is 278 g/mol. The summed E-state index contributed by atoms with van der Waals surface area (Å²) < 4.78 is 7.57. The maximum Gasteiger partial charge on any atom is 0.214 e. The summed E-state index contributed by atoms with van der Waals surface area (Å²) in [4.78, 5) is 4.40. The second kappa shape index (κ2) is 5.45. The molecule has 0 bridgehead atoms. The Hall–Kier alpha value is -2.94. The third kappa shape index (κ3) is 2.49. The van der Waals surface area contributed by atoms with Crippen LogP contribution in [0, 0.1) is 32.1 Å². The third-order valence-corrected chi connectivity index (χ3v) is 3.55. The van der Waals surface area contributed by atoms with E-state index >= 15 is 0 Å². The SMILES string of the molecule is Cc1nc(Cn2c(C)nnc2-c2cccc(C#N)c2)oc1C. The van der Waals surface area contributed by atoms with Crippen LogP contribution in [0.25, 0.3) is 11.4 Å². The zero-order chi connectivity index (χ0) is 15.7. The number of aryl methyl sites for hydroxylation is 3. The lowest BCUT2D eigenvalue weighted by Gasteiger charge is -2.06. The summed E-state index contributed by atoms with van der Waals surface area (Å²) in [6.07, 6.45) is 0. The zero-order valence-electron chi connectivity index (χ0n) is 12.7. The van der Waals surface area contributed by atoms with Gasteiger partial charge in [-0.2, -0.15) is 5.26 Å². The molecule has 0 saturated carbocycles. The van der Waals surface area contributed by atoms with Crippen molar-refractivity contribution >= 4 is 0 Å². The topological polar surface area (TPSA) is 80.5 Å². The average Bonchev–Trinajstić information content (AvgIpc) is 3.03. The molecule has 3 aromatic rings. The Morgan fingerprint density at radius 1 is 1.23 bits per heavy atom. The second-order valence-electron chi connectivity index (χ2n) is 5.10. The maximum atomic E-state index is 9.03. The van der Waals surface area contributed by atoms with E-state index < -0.39 is 0 Å². The van der Waals surface area contributed by atoms with Crippen LogP contribution in [0.5, 0.6) is 0 Å². The van der Waals surface area contributed by atoms with E-state index in [9.17, 15) is 0 Å². The predicted octanol–water partition coefficient (Wildman–Crippen LogP) is 2.78. The molecular formula is C16H15N5O. The fourth-order valence-corrected chi connectivity index (χ4v) is 2.25. The number of rotatable bonds is 3. The fraction of sp³-hybridized carbons (Fsp3) is 0.250. The quantitative estimate of drug-likeness (QED) is 0.741. The largest absolute Gasteiger partial charge is 0.444 e. The summed E-state index contributed by atoms with van der Waals surface area (Å²) in [7, 11) is 0. The summed E-state index contributed by atoms with van der Waals surface area (Å²) in [6, 6.07) is 9.44. The molecule has 0 saturated heterocycles. The Kier molecular flexibility index (Phi) is 3.47. The first-order valence-electron chi connectivity index (χ1n) is 6.91. The second-order valence-corrected chi connectivity index (χ2v) is 5.10. The normalized spacial score (nSPS) is 10.6. The van der Waals surface area contributed by atoms with Crippen LogP contribution >= 0.6 is 0 Å². The van der Waals surface area contributed by atoms with E-state index in [2.05, 4.69) is 21.3 Å². The minimum absolute atomic E-state index is 0.458. The van der Waals surface area contributed by atoms with Gasteiger partial charge in [-0.25, -0.2) is 4.98 Å².